The van der Waals surface area contributed by atoms with Crippen LogP contribution in [0.3, 0.4) is 0 Å². The Bertz CT molecular complexity index is 657. The van der Waals surface area contributed by atoms with Crippen molar-refractivity contribution < 1.29 is 18.0 Å². The first kappa shape index (κ1) is 15.3. The zero-order chi connectivity index (χ0) is 15.6. The molecule has 0 spiro atoms. The summed E-state index contributed by atoms with van der Waals surface area (Å²) in [6, 6.07) is 10.8. The highest BCUT2D eigenvalue weighted by molar-refractivity contribution is 5.80. The van der Waals surface area contributed by atoms with E-state index in [9.17, 15) is 18.0 Å². The molecule has 0 heterocycles. The zero-order valence-corrected chi connectivity index (χ0v) is 11.7. The van der Waals surface area contributed by atoms with Crippen molar-refractivity contribution in [1.29, 1.82) is 0 Å². The SMILES string of the molecule is CC(C)c1ccccc1-c1cc(C=O)cc(C(F)(F)F)c1. The van der Waals surface area contributed by atoms with Gasteiger partial charge in [-0.3, -0.25) is 4.79 Å². The molecule has 0 aromatic heterocycles. The Labute approximate surface area is 121 Å². The van der Waals surface area contributed by atoms with Crippen LogP contribution in [-0.2, 0) is 6.18 Å². The molecule has 0 aliphatic rings. The van der Waals surface area contributed by atoms with Crippen molar-refractivity contribution in [3.8, 4) is 11.1 Å². The van der Waals surface area contributed by atoms with Crippen LogP contribution in [-0.4, -0.2) is 6.29 Å². The van der Waals surface area contributed by atoms with E-state index >= 15 is 0 Å². The van der Waals surface area contributed by atoms with E-state index in [0.29, 0.717) is 11.8 Å². The molecule has 0 unspecified atom stereocenters. The van der Waals surface area contributed by atoms with Crippen LogP contribution >= 0.6 is 0 Å². The van der Waals surface area contributed by atoms with E-state index in [0.717, 1.165) is 23.3 Å². The number of aldehydes is 1. The summed E-state index contributed by atoms with van der Waals surface area (Å²) in [6.45, 7) is 3.96. The summed E-state index contributed by atoms with van der Waals surface area (Å²) in [5.74, 6) is 0.176. The third kappa shape index (κ3) is 3.32. The van der Waals surface area contributed by atoms with Crippen molar-refractivity contribution in [1.82, 2.24) is 0 Å². The van der Waals surface area contributed by atoms with Crippen LogP contribution in [0.2, 0.25) is 0 Å². The summed E-state index contributed by atoms with van der Waals surface area (Å²) < 4.78 is 38.8. The van der Waals surface area contributed by atoms with Gasteiger partial charge in [-0.2, -0.15) is 13.2 Å². The van der Waals surface area contributed by atoms with Crippen molar-refractivity contribution in [3.05, 3.63) is 59.2 Å². The van der Waals surface area contributed by atoms with E-state index in [1.807, 2.05) is 26.0 Å². The minimum atomic E-state index is -4.47. The van der Waals surface area contributed by atoms with Gasteiger partial charge in [0.1, 0.15) is 6.29 Å². The summed E-state index contributed by atoms with van der Waals surface area (Å²) >= 11 is 0. The third-order valence-electron chi connectivity index (χ3n) is 3.31. The molecule has 0 N–H and O–H groups in total. The first-order valence-electron chi connectivity index (χ1n) is 6.59. The largest absolute Gasteiger partial charge is 0.416 e. The average Bonchev–Trinajstić information content (AvgIpc) is 2.45. The van der Waals surface area contributed by atoms with Crippen molar-refractivity contribution in [2.75, 3.05) is 0 Å². The molecule has 0 radical (unpaired) electrons. The maximum Gasteiger partial charge on any atom is 0.416 e. The second kappa shape index (κ2) is 5.72. The van der Waals surface area contributed by atoms with E-state index in [4.69, 9.17) is 0 Å². The number of carbonyl (C=O) groups excluding carboxylic acids is 1. The van der Waals surface area contributed by atoms with Gasteiger partial charge in [0.2, 0.25) is 0 Å². The van der Waals surface area contributed by atoms with E-state index in [1.54, 1.807) is 12.1 Å². The summed E-state index contributed by atoms with van der Waals surface area (Å²) in [5.41, 5.74) is 1.31. The Hall–Kier alpha value is -2.10. The van der Waals surface area contributed by atoms with E-state index in [1.165, 1.54) is 6.07 Å². The lowest BCUT2D eigenvalue weighted by molar-refractivity contribution is -0.137. The van der Waals surface area contributed by atoms with Gasteiger partial charge in [-0.15, -0.1) is 0 Å². The van der Waals surface area contributed by atoms with Gasteiger partial charge in [0.05, 0.1) is 5.56 Å². The zero-order valence-electron chi connectivity index (χ0n) is 11.7. The number of carbonyl (C=O) groups is 1. The number of hydrogen-bond acceptors (Lipinski definition) is 1. The van der Waals surface area contributed by atoms with Gasteiger partial charge in [0.15, 0.2) is 0 Å². The molecule has 2 aromatic carbocycles. The second-order valence-electron chi connectivity index (χ2n) is 5.20. The minimum Gasteiger partial charge on any atom is -0.298 e. The lowest BCUT2D eigenvalue weighted by Crippen LogP contribution is -2.06. The molecule has 2 rings (SSSR count). The second-order valence-corrected chi connectivity index (χ2v) is 5.20. The van der Waals surface area contributed by atoms with Crippen LogP contribution in [0.5, 0.6) is 0 Å². The maximum atomic E-state index is 12.9. The van der Waals surface area contributed by atoms with Gasteiger partial charge in [0, 0.05) is 5.56 Å². The first-order chi connectivity index (χ1) is 9.82. The van der Waals surface area contributed by atoms with E-state index in [-0.39, 0.29) is 11.5 Å². The molecular formula is C17H15F3O. The lowest BCUT2D eigenvalue weighted by atomic mass is 9.91. The fourth-order valence-corrected chi connectivity index (χ4v) is 2.30. The van der Waals surface area contributed by atoms with E-state index in [2.05, 4.69) is 0 Å². The Balaban J connectivity index is 2.67. The Kier molecular flexibility index (Phi) is 4.16. The highest BCUT2D eigenvalue weighted by atomic mass is 19.4. The maximum absolute atomic E-state index is 12.9. The highest BCUT2D eigenvalue weighted by Gasteiger charge is 2.31. The van der Waals surface area contributed by atoms with Crippen molar-refractivity contribution >= 4 is 6.29 Å². The molecule has 0 saturated carbocycles. The quantitative estimate of drug-likeness (QED) is 0.701. The van der Waals surface area contributed by atoms with Crippen LogP contribution in [0.15, 0.2) is 42.5 Å². The molecule has 0 bridgehead atoms. The summed E-state index contributed by atoms with van der Waals surface area (Å²) in [5, 5.41) is 0. The number of alkyl halides is 3. The van der Waals surface area contributed by atoms with Crippen LogP contribution in [0.1, 0.15) is 41.3 Å². The normalized spacial score (nSPS) is 11.7. The van der Waals surface area contributed by atoms with Crippen molar-refractivity contribution in [3.63, 3.8) is 0 Å². The molecule has 21 heavy (non-hydrogen) atoms. The van der Waals surface area contributed by atoms with Gasteiger partial charge < -0.3 is 0 Å². The van der Waals surface area contributed by atoms with Gasteiger partial charge in [-0.25, -0.2) is 0 Å². The molecule has 1 nitrogen and oxygen atoms in total. The molecule has 0 saturated heterocycles. The summed E-state index contributed by atoms with van der Waals surface area (Å²) in [4.78, 5) is 10.9. The van der Waals surface area contributed by atoms with Crippen LogP contribution in [0.4, 0.5) is 13.2 Å². The van der Waals surface area contributed by atoms with Crippen molar-refractivity contribution in [2.45, 2.75) is 25.9 Å². The minimum absolute atomic E-state index is 0.0263. The predicted octanol–water partition coefficient (Wildman–Crippen LogP) is 5.31. The summed E-state index contributed by atoms with van der Waals surface area (Å²) in [6.07, 6.45) is -4.03. The predicted molar refractivity (Wildman–Crippen MR) is 76.4 cm³/mol. The Morgan fingerprint density at radius 3 is 2.29 bits per heavy atom. The average molecular weight is 292 g/mol. The van der Waals surface area contributed by atoms with Gasteiger partial charge >= 0.3 is 6.18 Å². The monoisotopic (exact) mass is 292 g/mol. The van der Waals surface area contributed by atoms with E-state index < -0.39 is 11.7 Å². The molecule has 0 amide bonds. The standard InChI is InChI=1S/C17H15F3O/c1-11(2)15-5-3-4-6-16(15)13-7-12(10-21)8-14(9-13)17(18,19)20/h3-11H,1-2H3. The van der Waals surface area contributed by atoms with Crippen molar-refractivity contribution in [2.24, 2.45) is 0 Å². The Morgan fingerprint density at radius 1 is 1.05 bits per heavy atom. The molecular weight excluding hydrogens is 277 g/mol. The molecule has 0 aliphatic heterocycles. The molecule has 0 aliphatic carbocycles. The number of halogens is 3. The van der Waals surface area contributed by atoms with Gasteiger partial charge in [0.25, 0.3) is 0 Å². The third-order valence-corrected chi connectivity index (χ3v) is 3.31. The molecule has 2 aromatic rings. The van der Waals surface area contributed by atoms with Gasteiger partial charge in [-0.05, 0) is 40.8 Å². The number of rotatable bonds is 3. The van der Waals surface area contributed by atoms with Gasteiger partial charge in [-0.1, -0.05) is 38.1 Å². The molecule has 4 heteroatoms. The van der Waals surface area contributed by atoms with Crippen LogP contribution < -0.4 is 0 Å². The fourth-order valence-electron chi connectivity index (χ4n) is 2.30. The molecule has 0 atom stereocenters. The Morgan fingerprint density at radius 2 is 1.71 bits per heavy atom. The van der Waals surface area contributed by atoms with Crippen LogP contribution in [0, 0.1) is 0 Å². The number of hydrogen-bond donors (Lipinski definition) is 0. The smallest absolute Gasteiger partial charge is 0.298 e. The molecule has 0 fully saturated rings. The fraction of sp³-hybridized carbons (Fsp3) is 0.235. The number of benzene rings is 2. The summed E-state index contributed by atoms with van der Waals surface area (Å²) in [7, 11) is 0. The lowest BCUT2D eigenvalue weighted by Gasteiger charge is -2.15. The topological polar surface area (TPSA) is 17.1 Å². The van der Waals surface area contributed by atoms with Crippen LogP contribution in [0.25, 0.3) is 11.1 Å². The highest BCUT2D eigenvalue weighted by Crippen LogP contribution is 2.35. The first-order valence-corrected chi connectivity index (χ1v) is 6.59. The molecule has 110 valence electrons.